The van der Waals surface area contributed by atoms with Crippen molar-refractivity contribution in [1.82, 2.24) is 9.97 Å². The number of carbonyl (C=O) groups excluding carboxylic acids is 4. The molecule has 77 heavy (non-hydrogen) atoms. The molecule has 17 heteroatoms. The van der Waals surface area contributed by atoms with Gasteiger partial charge >= 0.3 is 25.8 Å². The number of aromatic nitrogens is 2. The van der Waals surface area contributed by atoms with Gasteiger partial charge in [-0.1, -0.05) is 172 Å². The molecule has 0 bridgehead atoms. The molecule has 3 rings (SSSR count). The molecule has 0 spiro atoms. The first kappa shape index (κ1) is 66.8. The average molecular weight is 1100 g/mol. The first-order valence-electron chi connectivity index (χ1n) is 29.4. The number of methoxy groups -OCH3 is 1. The fourth-order valence-corrected chi connectivity index (χ4v) is 9.68. The number of benzene rings is 1. The first-order valence-corrected chi connectivity index (χ1v) is 30.9. The number of phosphoric ester groups is 1. The zero-order valence-electron chi connectivity index (χ0n) is 47.4. The number of amides is 1. The zero-order chi connectivity index (χ0) is 55.6. The summed E-state index contributed by atoms with van der Waals surface area (Å²) in [6, 6.07) is 6.83. The maximum atomic E-state index is 13.1. The molecule has 1 aromatic heterocycles. The number of ketones is 1. The van der Waals surface area contributed by atoms with Crippen LogP contribution in [0, 0.1) is 0 Å². The van der Waals surface area contributed by atoms with Gasteiger partial charge in [-0.05, 0) is 76.2 Å². The minimum atomic E-state index is -4.65. The highest BCUT2D eigenvalue weighted by Crippen LogP contribution is 2.43. The summed E-state index contributed by atoms with van der Waals surface area (Å²) in [6.07, 6.45) is 39.7. The van der Waals surface area contributed by atoms with Crippen molar-refractivity contribution in [3.05, 3.63) is 65.3 Å². The molecule has 0 saturated carbocycles. The molecule has 1 aliphatic rings. The number of fused-ring (bicyclic) bond motifs is 1. The minimum Gasteiger partial charge on any atom is -0.462 e. The number of nitrogen functional groups attached to an aromatic ring is 1. The fourth-order valence-electron chi connectivity index (χ4n) is 8.90. The lowest BCUT2D eigenvalue weighted by molar-refractivity contribution is -0.161. The number of ether oxygens (including phenoxy) is 4. The van der Waals surface area contributed by atoms with Crippen LogP contribution in [0.1, 0.15) is 234 Å². The SMILES string of the molecule is CCCCCCCC/C=C/CCCCCCCC(=O)OC(COC(=O)CCCCCCC/C=C/CCCCCCCCC)COP(=O)(O)OCCCC(=O)c1ccc(CN2C(=O)Cc3c(N)nc(OCCOC)nc32)cc1. The van der Waals surface area contributed by atoms with Crippen LogP contribution in [-0.4, -0.2) is 84.7 Å². The maximum absolute atomic E-state index is 13.1. The van der Waals surface area contributed by atoms with Gasteiger partial charge in [0.2, 0.25) is 5.91 Å². The molecule has 0 fully saturated rings. The smallest absolute Gasteiger partial charge is 0.462 e. The number of phosphoric acid groups is 1. The van der Waals surface area contributed by atoms with Crippen LogP contribution in [-0.2, 0) is 55.2 Å². The number of anilines is 2. The van der Waals surface area contributed by atoms with Gasteiger partial charge < -0.3 is 29.6 Å². The van der Waals surface area contributed by atoms with E-state index in [4.69, 9.17) is 33.7 Å². The number of allylic oxidation sites excluding steroid dienone is 4. The van der Waals surface area contributed by atoms with E-state index in [-0.39, 0.29) is 82.0 Å². The summed E-state index contributed by atoms with van der Waals surface area (Å²) in [5.41, 5.74) is 7.81. The molecule has 2 aromatic rings. The number of hydrogen-bond acceptors (Lipinski definition) is 14. The molecule has 2 atom stereocenters. The van der Waals surface area contributed by atoms with E-state index >= 15 is 0 Å². The monoisotopic (exact) mass is 1100 g/mol. The number of nitrogens with two attached hydrogens (primary N) is 1. The van der Waals surface area contributed by atoms with Gasteiger partial charge in [-0.15, -0.1) is 0 Å². The topological polar surface area (TPSA) is 216 Å². The van der Waals surface area contributed by atoms with E-state index in [1.54, 1.807) is 31.4 Å². The van der Waals surface area contributed by atoms with E-state index in [0.717, 1.165) is 82.6 Å². The van der Waals surface area contributed by atoms with Crippen molar-refractivity contribution in [3.63, 3.8) is 0 Å². The Hall–Kier alpha value is -4.47. The molecule has 0 aliphatic carbocycles. The van der Waals surface area contributed by atoms with Gasteiger partial charge in [0.15, 0.2) is 11.9 Å². The van der Waals surface area contributed by atoms with Gasteiger partial charge in [-0.2, -0.15) is 9.97 Å². The standard InChI is InChI=1S/C60H97N4O12P/c1-4-6-8-10-12-14-16-18-20-22-23-25-27-29-31-33-37-56(67)73-48-52(76-57(68)38-34-32-30-28-26-24-21-19-17-15-13-11-9-7-5-2)49-75-77(69,70)74-43-35-36-54(65)51-41-39-50(40-42-51)47-64-55(66)46-53-58(61)62-60(63-59(53)64)72-45-44-71-3/h19-22,39-42,52H,4-18,23-38,43-49H2,1-3H3,(H,69,70)(H2,61,62,63)/b21-19+,22-20+. The number of carbonyl (C=O) groups is 4. The Morgan fingerprint density at radius 3 is 1.71 bits per heavy atom. The van der Waals surface area contributed by atoms with E-state index in [9.17, 15) is 28.6 Å². The van der Waals surface area contributed by atoms with E-state index < -0.39 is 32.5 Å². The van der Waals surface area contributed by atoms with Crippen LogP contribution < -0.4 is 15.4 Å². The van der Waals surface area contributed by atoms with Crippen molar-refractivity contribution in [1.29, 1.82) is 0 Å². The summed E-state index contributed by atoms with van der Waals surface area (Å²) in [6.45, 7) is 4.10. The van der Waals surface area contributed by atoms with E-state index in [1.165, 1.54) is 88.4 Å². The lowest BCUT2D eigenvalue weighted by Gasteiger charge is -2.20. The minimum absolute atomic E-state index is 0.0165. The van der Waals surface area contributed by atoms with Gasteiger partial charge in [0.25, 0.3) is 0 Å². The van der Waals surface area contributed by atoms with Crippen molar-refractivity contribution in [2.75, 3.05) is 50.8 Å². The summed E-state index contributed by atoms with van der Waals surface area (Å²) >= 11 is 0. The summed E-state index contributed by atoms with van der Waals surface area (Å²) in [4.78, 5) is 72.3. The normalized spacial score (nSPS) is 13.6. The average Bonchev–Trinajstić information content (AvgIpc) is 3.74. The van der Waals surface area contributed by atoms with Gasteiger partial charge in [0.05, 0.1) is 32.8 Å². The molecule has 3 N–H and O–H groups in total. The predicted octanol–water partition coefficient (Wildman–Crippen LogP) is 14.2. The third-order valence-electron chi connectivity index (χ3n) is 13.5. The van der Waals surface area contributed by atoms with Crippen LogP contribution in [0.3, 0.4) is 0 Å². The lowest BCUT2D eigenvalue weighted by atomic mass is 10.0. The predicted molar refractivity (Wildman–Crippen MR) is 305 cm³/mol. The summed E-state index contributed by atoms with van der Waals surface area (Å²) in [5, 5.41) is 0. The van der Waals surface area contributed by atoms with E-state index in [1.807, 2.05) is 0 Å². The van der Waals surface area contributed by atoms with Crippen LogP contribution in [0.2, 0.25) is 0 Å². The van der Waals surface area contributed by atoms with Gasteiger partial charge in [0.1, 0.15) is 24.8 Å². The Bertz CT molecular complexity index is 2050. The highest BCUT2D eigenvalue weighted by Gasteiger charge is 2.32. The van der Waals surface area contributed by atoms with Gasteiger partial charge in [0, 0.05) is 37.5 Å². The van der Waals surface area contributed by atoms with E-state index in [2.05, 4.69) is 48.1 Å². The number of Topliss-reactive ketones (excluding diaryl/α,β-unsaturated/α-hetero) is 1. The van der Waals surface area contributed by atoms with E-state index in [0.29, 0.717) is 36.4 Å². The molecule has 1 amide bonds. The maximum Gasteiger partial charge on any atom is 0.472 e. The number of unbranched alkanes of at least 4 members (excludes halogenated alkanes) is 23. The Morgan fingerprint density at radius 2 is 1.17 bits per heavy atom. The Morgan fingerprint density at radius 1 is 0.649 bits per heavy atom. The number of rotatable bonds is 49. The second kappa shape index (κ2) is 42.5. The number of nitrogens with zero attached hydrogens (tertiary/aromatic N) is 3. The van der Waals surface area contributed by atoms with Crippen molar-refractivity contribution in [2.45, 2.75) is 232 Å². The molecule has 16 nitrogen and oxygen atoms in total. The van der Waals surface area contributed by atoms with Crippen LogP contribution in [0.25, 0.3) is 0 Å². The zero-order valence-corrected chi connectivity index (χ0v) is 48.3. The van der Waals surface area contributed by atoms with Crippen molar-refractivity contribution in [3.8, 4) is 6.01 Å². The fraction of sp³-hybridized carbons (Fsp3) is 0.700. The summed E-state index contributed by atoms with van der Waals surface area (Å²) in [5.74, 6) is -0.813. The second-order valence-corrected chi connectivity index (χ2v) is 21.8. The van der Waals surface area contributed by atoms with Gasteiger partial charge in [-0.25, -0.2) is 4.57 Å². The largest absolute Gasteiger partial charge is 0.472 e. The van der Waals surface area contributed by atoms with Crippen molar-refractivity contribution < 1.29 is 56.6 Å². The molecule has 0 saturated heterocycles. The third kappa shape index (κ3) is 31.6. The Labute approximate surface area is 462 Å². The van der Waals surface area contributed by atoms with Gasteiger partial charge in [-0.3, -0.25) is 33.1 Å². The van der Waals surface area contributed by atoms with Crippen molar-refractivity contribution >= 4 is 43.1 Å². The Kier molecular flexibility index (Phi) is 36.9. The highest BCUT2D eigenvalue weighted by atomic mass is 31.2. The molecule has 434 valence electrons. The summed E-state index contributed by atoms with van der Waals surface area (Å²) in [7, 11) is -3.10. The molecular weight excluding hydrogens is 1000 g/mol. The number of hydrogen-bond donors (Lipinski definition) is 2. The molecule has 1 aromatic carbocycles. The molecule has 2 unspecified atom stereocenters. The molecule has 0 radical (unpaired) electrons. The lowest BCUT2D eigenvalue weighted by Crippen LogP contribution is -2.29. The Balaban J connectivity index is 1.39. The number of esters is 2. The highest BCUT2D eigenvalue weighted by molar-refractivity contribution is 7.47. The third-order valence-corrected chi connectivity index (χ3v) is 14.5. The quantitative estimate of drug-likeness (QED) is 0.0207. The second-order valence-electron chi connectivity index (χ2n) is 20.3. The van der Waals surface area contributed by atoms with Crippen molar-refractivity contribution in [2.24, 2.45) is 0 Å². The first-order chi connectivity index (χ1) is 37.5. The molecule has 2 heterocycles. The summed E-state index contributed by atoms with van der Waals surface area (Å²) < 4.78 is 45.0. The molecular formula is C60H97N4O12P. The van der Waals surface area contributed by atoms with Crippen LogP contribution in [0.5, 0.6) is 6.01 Å². The van der Waals surface area contributed by atoms with Crippen LogP contribution >= 0.6 is 7.82 Å². The molecule has 1 aliphatic heterocycles. The van der Waals surface area contributed by atoms with Crippen LogP contribution in [0.4, 0.5) is 11.6 Å². The van der Waals surface area contributed by atoms with Crippen LogP contribution in [0.15, 0.2) is 48.6 Å².